The molecule has 0 spiro atoms. The topological polar surface area (TPSA) is 137 Å². The molecule has 4 heterocycles. The van der Waals surface area contributed by atoms with E-state index in [4.69, 9.17) is 21.3 Å². The van der Waals surface area contributed by atoms with Crippen LogP contribution in [0.5, 0.6) is 5.75 Å². The number of aromatic nitrogens is 1. The van der Waals surface area contributed by atoms with Gasteiger partial charge in [0.25, 0.3) is 0 Å². The first-order valence-electron chi connectivity index (χ1n) is 15.4. The number of para-hydroxylation sites is 1. The molecule has 2 fully saturated rings. The van der Waals surface area contributed by atoms with Crippen molar-refractivity contribution in [2.24, 2.45) is 0 Å². The van der Waals surface area contributed by atoms with Gasteiger partial charge in [0.2, 0.25) is 11.8 Å². The quantitative estimate of drug-likeness (QED) is 0.227. The summed E-state index contributed by atoms with van der Waals surface area (Å²) >= 11 is 1.38. The lowest BCUT2D eigenvalue weighted by molar-refractivity contribution is -0.157. The molecule has 0 aliphatic carbocycles. The van der Waals surface area contributed by atoms with Crippen LogP contribution in [0.1, 0.15) is 16.7 Å². The lowest BCUT2D eigenvalue weighted by Gasteiger charge is -2.46. The van der Waals surface area contributed by atoms with Gasteiger partial charge in [-0.1, -0.05) is 47.6 Å². The number of carbonyl (C=O) groups is 3. The van der Waals surface area contributed by atoms with Crippen LogP contribution in [0.15, 0.2) is 77.4 Å². The molecule has 3 aromatic carbocycles. The van der Waals surface area contributed by atoms with Crippen LogP contribution in [-0.4, -0.2) is 81.6 Å². The molecule has 3 N–H and O–H groups in total. The predicted octanol–water partition coefficient (Wildman–Crippen LogP) is 3.82. The van der Waals surface area contributed by atoms with Crippen LogP contribution < -0.4 is 15.8 Å². The molecule has 2 aromatic heterocycles. The van der Waals surface area contributed by atoms with E-state index in [-0.39, 0.29) is 51.0 Å². The summed E-state index contributed by atoms with van der Waals surface area (Å²) in [4.78, 5) is 49.7. The van der Waals surface area contributed by atoms with Crippen molar-refractivity contribution < 1.29 is 23.5 Å². The molecule has 2 atom stereocenters. The zero-order valence-corrected chi connectivity index (χ0v) is 27.0. The van der Waals surface area contributed by atoms with Crippen molar-refractivity contribution >= 4 is 55.5 Å². The van der Waals surface area contributed by atoms with Gasteiger partial charge in [-0.05, 0) is 53.1 Å². The van der Waals surface area contributed by atoms with E-state index in [1.165, 1.54) is 16.3 Å². The normalized spacial score (nSPS) is 17.9. The molecule has 48 heavy (non-hydrogen) atoms. The Bertz CT molecular complexity index is 2050. The third-order valence-electron chi connectivity index (χ3n) is 8.78. The maximum atomic E-state index is 14.3. The van der Waals surface area contributed by atoms with Crippen LogP contribution in [0.2, 0.25) is 0 Å². The van der Waals surface area contributed by atoms with Crippen molar-refractivity contribution in [3.05, 3.63) is 89.7 Å². The molecule has 4 amide bonds. The molecule has 244 valence electrons. The van der Waals surface area contributed by atoms with Gasteiger partial charge in [-0.2, -0.15) is 5.01 Å². The number of anilines is 1. The summed E-state index contributed by atoms with van der Waals surface area (Å²) in [5, 5.41) is 7.34. The Kier molecular flexibility index (Phi) is 8.34. The molecular weight excluding hydrogens is 630 g/mol. The van der Waals surface area contributed by atoms with Crippen LogP contribution in [-0.2, 0) is 29.1 Å². The number of methoxy groups -OCH3 is 1. The maximum absolute atomic E-state index is 14.3. The molecule has 0 unspecified atom stereocenters. The average Bonchev–Trinajstić information content (AvgIpc) is 3.81. The predicted molar refractivity (Wildman–Crippen MR) is 181 cm³/mol. The fraction of sp³-hybridized carbons (Fsp3) is 0.257. The fourth-order valence-electron chi connectivity index (χ4n) is 6.49. The number of benzene rings is 3. The Balaban J connectivity index is 1.20. The number of furan rings is 1. The standard InChI is InChI=1S/C35H33N7O5S/c1-3-14-40(35(45)37-18-22-7-10-26(46-2)11-8-22)41-21-31(43)42-27(17-23-9-12-28-24(16-23)13-15-47-28)33(44)39(20-30(41)42)19-25-5-4-6-29-32(25)38-34(36)48-29/h1,4-13,15-16,27,30H,14,17-21H2,2H3,(H2,36,38)(H,37,45)/t27-,30+/m0/s1. The highest BCUT2D eigenvalue weighted by molar-refractivity contribution is 7.22. The zero-order chi connectivity index (χ0) is 33.4. The van der Waals surface area contributed by atoms with E-state index in [0.717, 1.165) is 37.9 Å². The average molecular weight is 664 g/mol. The van der Waals surface area contributed by atoms with Gasteiger partial charge in [0, 0.05) is 24.9 Å². The second-order valence-corrected chi connectivity index (χ2v) is 12.8. The molecule has 13 heteroatoms. The monoisotopic (exact) mass is 663 g/mol. The summed E-state index contributed by atoms with van der Waals surface area (Å²) in [7, 11) is 1.59. The van der Waals surface area contributed by atoms with Crippen molar-refractivity contribution in [3.8, 4) is 18.1 Å². The molecule has 0 bridgehead atoms. The smallest absolute Gasteiger partial charge is 0.333 e. The zero-order valence-electron chi connectivity index (χ0n) is 26.2. The van der Waals surface area contributed by atoms with Crippen molar-refractivity contribution in [1.29, 1.82) is 0 Å². The van der Waals surface area contributed by atoms with E-state index >= 15 is 0 Å². The van der Waals surface area contributed by atoms with Gasteiger partial charge in [-0.25, -0.2) is 14.8 Å². The Hall–Kier alpha value is -5.58. The number of nitrogens with zero attached hydrogens (tertiary/aromatic N) is 5. The molecule has 7 rings (SSSR count). The second-order valence-electron chi connectivity index (χ2n) is 11.7. The van der Waals surface area contributed by atoms with Crippen molar-refractivity contribution in [3.63, 3.8) is 0 Å². The number of hydrazine groups is 1. The number of nitrogen functional groups attached to an aromatic ring is 1. The Morgan fingerprint density at radius 3 is 2.77 bits per heavy atom. The highest BCUT2D eigenvalue weighted by atomic mass is 32.1. The van der Waals surface area contributed by atoms with Gasteiger partial charge in [-0.3, -0.25) is 9.59 Å². The van der Waals surface area contributed by atoms with Gasteiger partial charge in [0.05, 0.1) is 43.2 Å². The minimum Gasteiger partial charge on any atom is -0.497 e. The van der Waals surface area contributed by atoms with E-state index in [2.05, 4.69) is 16.2 Å². The molecule has 5 aromatic rings. The number of urea groups is 1. The number of terminal acetylenes is 1. The van der Waals surface area contributed by atoms with Crippen LogP contribution in [0, 0.1) is 12.3 Å². The number of rotatable bonds is 9. The van der Waals surface area contributed by atoms with Crippen molar-refractivity contribution in [2.45, 2.75) is 31.7 Å². The highest BCUT2D eigenvalue weighted by Gasteiger charge is 2.52. The summed E-state index contributed by atoms with van der Waals surface area (Å²) in [6, 6.07) is 19.5. The summed E-state index contributed by atoms with van der Waals surface area (Å²) in [5.41, 5.74) is 10.1. The van der Waals surface area contributed by atoms with Crippen molar-refractivity contribution in [2.75, 3.05) is 32.5 Å². The largest absolute Gasteiger partial charge is 0.497 e. The molecule has 0 saturated carbocycles. The highest BCUT2D eigenvalue weighted by Crippen LogP contribution is 2.33. The summed E-state index contributed by atoms with van der Waals surface area (Å²) in [6.45, 7) is 0.467. The molecule has 2 saturated heterocycles. The second kappa shape index (κ2) is 12.9. The fourth-order valence-corrected chi connectivity index (χ4v) is 7.27. The maximum Gasteiger partial charge on any atom is 0.333 e. The number of thiazole rings is 1. The lowest BCUT2D eigenvalue weighted by atomic mass is 9.99. The summed E-state index contributed by atoms with van der Waals surface area (Å²) in [5.74, 6) is 2.82. The van der Waals surface area contributed by atoms with Gasteiger partial charge in [-0.15, -0.1) is 6.42 Å². The van der Waals surface area contributed by atoms with E-state index in [1.807, 2.05) is 66.7 Å². The molecule has 0 radical (unpaired) electrons. The van der Waals surface area contributed by atoms with Crippen molar-refractivity contribution in [1.82, 2.24) is 30.1 Å². The first-order chi connectivity index (χ1) is 23.3. The van der Waals surface area contributed by atoms with Crippen LogP contribution >= 0.6 is 11.3 Å². The third kappa shape index (κ3) is 5.87. The number of amides is 4. The van der Waals surface area contributed by atoms with E-state index in [9.17, 15) is 14.4 Å². The minimum atomic E-state index is -0.819. The van der Waals surface area contributed by atoms with E-state index < -0.39 is 18.2 Å². The number of nitrogens with one attached hydrogen (secondary N) is 1. The van der Waals surface area contributed by atoms with Gasteiger partial charge in [0.1, 0.15) is 23.5 Å². The number of ether oxygens (including phenoxy) is 1. The molecule has 2 aliphatic heterocycles. The first-order valence-corrected chi connectivity index (χ1v) is 16.2. The summed E-state index contributed by atoms with van der Waals surface area (Å²) in [6.07, 6.45) is 7.00. The SMILES string of the molecule is C#CCN(C(=O)NCc1ccc(OC)cc1)N1CC(=O)N2[C@@H](Cc3ccc4occc4c3)C(=O)N(Cc3cccc4sc(N)nc34)C[C@@H]21. The molecule has 12 nitrogen and oxygen atoms in total. The van der Waals surface area contributed by atoms with E-state index in [0.29, 0.717) is 10.9 Å². The Labute approximate surface area is 280 Å². The first kappa shape index (κ1) is 31.0. The Morgan fingerprint density at radius 1 is 1.17 bits per heavy atom. The number of fused-ring (bicyclic) bond motifs is 3. The van der Waals surface area contributed by atoms with Gasteiger partial charge < -0.3 is 30.0 Å². The van der Waals surface area contributed by atoms with Crippen LogP contribution in [0.25, 0.3) is 21.2 Å². The minimum absolute atomic E-state index is 0.0702. The number of hydrogen-bond donors (Lipinski definition) is 2. The summed E-state index contributed by atoms with van der Waals surface area (Å²) < 4.78 is 11.7. The van der Waals surface area contributed by atoms with Gasteiger partial charge >= 0.3 is 6.03 Å². The molecular formula is C35H33N7O5S. The third-order valence-corrected chi connectivity index (χ3v) is 9.63. The van der Waals surface area contributed by atoms with Crippen LogP contribution in [0.3, 0.4) is 0 Å². The van der Waals surface area contributed by atoms with Crippen LogP contribution in [0.4, 0.5) is 9.93 Å². The number of piperazine rings is 1. The molecule has 2 aliphatic rings. The number of nitrogens with two attached hydrogens (primary N) is 1. The van der Waals surface area contributed by atoms with E-state index in [1.54, 1.807) is 28.2 Å². The Morgan fingerprint density at radius 2 is 1.98 bits per heavy atom. The number of hydrogen-bond acceptors (Lipinski definition) is 9. The lowest BCUT2D eigenvalue weighted by Crippen LogP contribution is -2.66. The van der Waals surface area contributed by atoms with Gasteiger partial charge in [0.15, 0.2) is 5.13 Å². The number of carbonyl (C=O) groups excluding carboxylic acids is 3.